The minimum absolute atomic E-state index is 0.0352. The highest BCUT2D eigenvalue weighted by Gasteiger charge is 2.17. The van der Waals surface area contributed by atoms with Crippen LogP contribution in [0.4, 0.5) is 13.2 Å². The number of hydrogen-bond donors (Lipinski definition) is 2. The van der Waals surface area contributed by atoms with E-state index in [0.717, 1.165) is 11.1 Å². The first kappa shape index (κ1) is 20.7. The minimum Gasteiger partial charge on any atom is -0.505 e. The summed E-state index contributed by atoms with van der Waals surface area (Å²) in [4.78, 5) is 0. The van der Waals surface area contributed by atoms with E-state index < -0.39 is 29.3 Å². The van der Waals surface area contributed by atoms with E-state index in [9.17, 15) is 23.4 Å². The molecule has 0 heterocycles. The maximum atomic E-state index is 14.3. The molecule has 0 aliphatic carbocycles. The molecular formula is C24H21F3O2. The van der Waals surface area contributed by atoms with E-state index >= 15 is 0 Å². The topological polar surface area (TPSA) is 40.5 Å². The molecule has 3 rings (SSSR count). The van der Waals surface area contributed by atoms with Crippen molar-refractivity contribution in [3.05, 3.63) is 88.7 Å². The zero-order valence-corrected chi connectivity index (χ0v) is 15.9. The number of benzene rings is 3. The quantitative estimate of drug-likeness (QED) is 0.467. The molecule has 0 fully saturated rings. The molecule has 0 bridgehead atoms. The van der Waals surface area contributed by atoms with Gasteiger partial charge in [-0.15, -0.1) is 0 Å². The molecular weight excluding hydrogens is 377 g/mol. The Morgan fingerprint density at radius 3 is 2.21 bits per heavy atom. The smallest absolute Gasteiger partial charge is 0.166 e. The molecule has 3 aromatic carbocycles. The Bertz CT molecular complexity index is 1030. The van der Waals surface area contributed by atoms with Crippen LogP contribution in [0.3, 0.4) is 0 Å². The van der Waals surface area contributed by atoms with Crippen molar-refractivity contribution in [1.82, 2.24) is 0 Å². The lowest BCUT2D eigenvalue weighted by Gasteiger charge is -2.12. The third-order valence-electron chi connectivity index (χ3n) is 4.71. The molecule has 0 aromatic heterocycles. The van der Waals surface area contributed by atoms with Crippen LogP contribution in [-0.2, 0) is 0 Å². The van der Waals surface area contributed by atoms with Crippen LogP contribution in [0, 0.1) is 17.5 Å². The zero-order valence-electron chi connectivity index (χ0n) is 15.9. The van der Waals surface area contributed by atoms with E-state index in [1.54, 1.807) is 36.4 Å². The summed E-state index contributed by atoms with van der Waals surface area (Å²) in [6, 6.07) is 14.1. The lowest BCUT2D eigenvalue weighted by molar-refractivity contribution is 0.160. The van der Waals surface area contributed by atoms with Crippen molar-refractivity contribution in [2.75, 3.05) is 0 Å². The molecule has 29 heavy (non-hydrogen) atoms. The molecule has 1 unspecified atom stereocenters. The predicted molar refractivity (Wildman–Crippen MR) is 109 cm³/mol. The number of aromatic hydroxyl groups is 1. The summed E-state index contributed by atoms with van der Waals surface area (Å²) in [6.45, 7) is 1.86. The van der Waals surface area contributed by atoms with Gasteiger partial charge >= 0.3 is 0 Å². The van der Waals surface area contributed by atoms with Gasteiger partial charge in [-0.25, -0.2) is 13.2 Å². The molecule has 0 aliphatic heterocycles. The van der Waals surface area contributed by atoms with Crippen LogP contribution < -0.4 is 0 Å². The first-order valence-corrected chi connectivity index (χ1v) is 9.33. The summed E-state index contributed by atoms with van der Waals surface area (Å²) < 4.78 is 42.1. The van der Waals surface area contributed by atoms with E-state index in [-0.39, 0.29) is 11.1 Å². The molecule has 3 aromatic rings. The second-order valence-electron chi connectivity index (χ2n) is 6.80. The van der Waals surface area contributed by atoms with Crippen LogP contribution in [0.2, 0.25) is 0 Å². The number of rotatable bonds is 6. The molecule has 0 amide bonds. The Morgan fingerprint density at radius 2 is 1.55 bits per heavy atom. The Hall–Kier alpha value is -3.05. The van der Waals surface area contributed by atoms with Crippen LogP contribution in [0.15, 0.2) is 54.6 Å². The van der Waals surface area contributed by atoms with Crippen molar-refractivity contribution >= 4 is 12.2 Å². The largest absolute Gasteiger partial charge is 0.505 e. The fraction of sp³-hybridized carbons (Fsp3) is 0.167. The third kappa shape index (κ3) is 4.69. The van der Waals surface area contributed by atoms with Crippen molar-refractivity contribution in [3.8, 4) is 16.9 Å². The highest BCUT2D eigenvalue weighted by Crippen LogP contribution is 2.27. The third-order valence-corrected chi connectivity index (χ3v) is 4.71. The van der Waals surface area contributed by atoms with E-state index in [1.807, 2.05) is 6.92 Å². The summed E-state index contributed by atoms with van der Waals surface area (Å²) in [6.07, 6.45) is 3.11. The highest BCUT2D eigenvalue weighted by molar-refractivity contribution is 5.72. The summed E-state index contributed by atoms with van der Waals surface area (Å²) in [5, 5.41) is 19.2. The standard InChI is InChI=1S/C24H21F3O2/c1-2-3-21(28)19-12-10-17(23(26)24(19)27)9-6-15-4-7-16(8-5-15)18-11-13-22(29)20(25)14-18/h4-14,21,28-29H,2-3H2,1H3/b9-6+. The van der Waals surface area contributed by atoms with Crippen LogP contribution >= 0.6 is 0 Å². The molecule has 5 heteroatoms. The van der Waals surface area contributed by atoms with Crippen molar-refractivity contribution < 1.29 is 23.4 Å². The molecule has 1 atom stereocenters. The van der Waals surface area contributed by atoms with Crippen LogP contribution in [0.1, 0.15) is 42.6 Å². The lowest BCUT2D eigenvalue weighted by atomic mass is 10.0. The van der Waals surface area contributed by atoms with Gasteiger partial charge in [-0.1, -0.05) is 68.0 Å². The minimum atomic E-state index is -1.03. The van der Waals surface area contributed by atoms with Crippen molar-refractivity contribution in [2.45, 2.75) is 25.9 Å². The van der Waals surface area contributed by atoms with Gasteiger partial charge in [0.15, 0.2) is 23.2 Å². The Labute approximate surface area is 167 Å². The summed E-state index contributed by atoms with van der Waals surface area (Å²) in [5.74, 6) is -3.13. The number of phenolic OH excluding ortho intramolecular Hbond substituents is 1. The second-order valence-corrected chi connectivity index (χ2v) is 6.80. The lowest BCUT2D eigenvalue weighted by Crippen LogP contribution is -2.03. The second kappa shape index (κ2) is 8.97. The number of aliphatic hydroxyl groups excluding tert-OH is 1. The first-order valence-electron chi connectivity index (χ1n) is 9.33. The summed E-state index contributed by atoms with van der Waals surface area (Å²) in [5.41, 5.74) is 2.17. The number of phenols is 1. The van der Waals surface area contributed by atoms with E-state index in [4.69, 9.17) is 0 Å². The maximum absolute atomic E-state index is 14.3. The van der Waals surface area contributed by atoms with Gasteiger partial charge in [-0.05, 0) is 35.2 Å². The first-order chi connectivity index (χ1) is 13.9. The fourth-order valence-electron chi connectivity index (χ4n) is 3.05. The number of hydrogen-bond acceptors (Lipinski definition) is 2. The van der Waals surface area contributed by atoms with Crippen molar-refractivity contribution in [2.24, 2.45) is 0 Å². The molecule has 2 nitrogen and oxygen atoms in total. The normalized spacial score (nSPS) is 12.4. The van der Waals surface area contributed by atoms with Gasteiger partial charge in [0, 0.05) is 11.1 Å². The van der Waals surface area contributed by atoms with Crippen LogP contribution in [0.25, 0.3) is 23.3 Å². The van der Waals surface area contributed by atoms with E-state index in [1.165, 1.54) is 30.3 Å². The average molecular weight is 398 g/mol. The van der Waals surface area contributed by atoms with Gasteiger partial charge in [0.25, 0.3) is 0 Å². The molecule has 150 valence electrons. The summed E-state index contributed by atoms with van der Waals surface area (Å²) in [7, 11) is 0. The monoisotopic (exact) mass is 398 g/mol. The van der Waals surface area contributed by atoms with E-state index in [0.29, 0.717) is 18.4 Å². The zero-order chi connectivity index (χ0) is 21.0. The van der Waals surface area contributed by atoms with Crippen molar-refractivity contribution in [1.29, 1.82) is 0 Å². The van der Waals surface area contributed by atoms with Gasteiger partial charge in [0.1, 0.15) is 0 Å². The maximum Gasteiger partial charge on any atom is 0.166 e. The van der Waals surface area contributed by atoms with E-state index in [2.05, 4.69) is 0 Å². The molecule has 0 saturated carbocycles. The molecule has 2 N–H and O–H groups in total. The molecule has 0 saturated heterocycles. The predicted octanol–water partition coefficient (Wildman–Crippen LogP) is 6.48. The van der Waals surface area contributed by atoms with Gasteiger partial charge in [-0.2, -0.15) is 0 Å². The van der Waals surface area contributed by atoms with Gasteiger partial charge in [0.2, 0.25) is 0 Å². The molecule has 0 radical (unpaired) electrons. The average Bonchev–Trinajstić information content (AvgIpc) is 2.72. The molecule has 0 spiro atoms. The van der Waals surface area contributed by atoms with Gasteiger partial charge < -0.3 is 10.2 Å². The summed E-state index contributed by atoms with van der Waals surface area (Å²) >= 11 is 0. The highest BCUT2D eigenvalue weighted by atomic mass is 19.2. The van der Waals surface area contributed by atoms with Crippen LogP contribution in [-0.4, -0.2) is 10.2 Å². The van der Waals surface area contributed by atoms with Crippen LogP contribution in [0.5, 0.6) is 5.75 Å². The fourth-order valence-corrected chi connectivity index (χ4v) is 3.05. The Morgan fingerprint density at radius 1 is 0.862 bits per heavy atom. The van der Waals surface area contributed by atoms with Gasteiger partial charge in [-0.3, -0.25) is 0 Å². The Kier molecular flexibility index (Phi) is 6.39. The number of aliphatic hydroxyl groups is 1. The molecule has 0 aliphatic rings. The number of halogens is 3. The van der Waals surface area contributed by atoms with Gasteiger partial charge in [0.05, 0.1) is 6.10 Å². The Balaban J connectivity index is 1.79. The SMILES string of the molecule is CCCC(O)c1ccc(/C=C/c2ccc(-c3ccc(O)c(F)c3)cc2)c(F)c1F. The van der Waals surface area contributed by atoms with Crippen molar-refractivity contribution in [3.63, 3.8) is 0 Å².